The molecule has 0 radical (unpaired) electrons. The fourth-order valence-electron chi connectivity index (χ4n) is 6.08. The number of nitrogens with zero attached hydrogens (tertiary/aromatic N) is 5. The molecule has 2 aromatic heterocycles. The standard InChI is InChI=1S/C32H28F5N5O4S/c1-4-26(43)40-12-13-41(17(2)16-40)29-22-15-24(34)27(21-11-10-19(33)14-23(21)32(35,36)37)38-30(22)42(31(44)39-29)28-20(18-8-9-18)6-5-7-25(28)47(3,45)46/h4-7,10-11,14-15,17-18H,1,8-9,12-13,16H2,2-3H3/t17-/m0/s1. The Morgan fingerprint density at radius 1 is 1.06 bits per heavy atom. The van der Waals surface area contributed by atoms with Gasteiger partial charge in [0.05, 0.1) is 21.5 Å². The first-order valence-electron chi connectivity index (χ1n) is 14.6. The molecule has 0 spiro atoms. The van der Waals surface area contributed by atoms with Crippen LogP contribution in [0, 0.1) is 11.6 Å². The second-order valence-electron chi connectivity index (χ2n) is 11.7. The molecule has 1 aliphatic carbocycles. The second kappa shape index (κ2) is 11.5. The number of carbonyl (C=O) groups excluding carboxylic acids is 1. The van der Waals surface area contributed by atoms with Gasteiger partial charge in [0.2, 0.25) is 5.91 Å². The Hall–Kier alpha value is -4.66. The van der Waals surface area contributed by atoms with Crippen molar-refractivity contribution in [3.63, 3.8) is 0 Å². The topological polar surface area (TPSA) is 105 Å². The highest BCUT2D eigenvalue weighted by atomic mass is 32.2. The fraction of sp³-hybridized carbons (Fsp3) is 0.312. The summed E-state index contributed by atoms with van der Waals surface area (Å²) in [5, 5.41) is -0.0816. The van der Waals surface area contributed by atoms with Crippen LogP contribution in [0.15, 0.2) is 64.8 Å². The number of para-hydroxylation sites is 1. The van der Waals surface area contributed by atoms with Crippen LogP contribution in [0.4, 0.5) is 27.8 Å². The molecule has 0 bridgehead atoms. The molecular weight excluding hydrogens is 645 g/mol. The number of alkyl halides is 3. The van der Waals surface area contributed by atoms with E-state index >= 15 is 4.39 Å². The van der Waals surface area contributed by atoms with Crippen LogP contribution in [0.2, 0.25) is 0 Å². The maximum Gasteiger partial charge on any atom is 0.417 e. The monoisotopic (exact) mass is 673 g/mol. The Bertz CT molecular complexity index is 2130. The molecule has 0 N–H and O–H groups in total. The second-order valence-corrected chi connectivity index (χ2v) is 13.7. The number of rotatable bonds is 6. The van der Waals surface area contributed by atoms with E-state index in [9.17, 15) is 35.6 Å². The van der Waals surface area contributed by atoms with E-state index in [0.717, 1.165) is 29.0 Å². The van der Waals surface area contributed by atoms with Gasteiger partial charge in [-0.1, -0.05) is 18.7 Å². The first-order valence-corrected chi connectivity index (χ1v) is 16.5. The quantitative estimate of drug-likeness (QED) is 0.204. The summed E-state index contributed by atoms with van der Waals surface area (Å²) in [5.74, 6) is -2.89. The number of halogens is 5. The Balaban J connectivity index is 1.69. The van der Waals surface area contributed by atoms with Crippen molar-refractivity contribution in [3.05, 3.63) is 88.4 Å². The van der Waals surface area contributed by atoms with Gasteiger partial charge in [-0.25, -0.2) is 31.5 Å². The lowest BCUT2D eigenvalue weighted by atomic mass is 10.0. The van der Waals surface area contributed by atoms with Gasteiger partial charge in [0.1, 0.15) is 23.1 Å². The van der Waals surface area contributed by atoms with E-state index in [0.29, 0.717) is 18.4 Å². The molecule has 1 amide bonds. The highest BCUT2D eigenvalue weighted by Gasteiger charge is 2.37. The average Bonchev–Trinajstić information content (AvgIpc) is 3.85. The summed E-state index contributed by atoms with van der Waals surface area (Å²) in [5.41, 5.74) is -4.01. The minimum atomic E-state index is -5.09. The van der Waals surface area contributed by atoms with Crippen molar-refractivity contribution in [2.75, 3.05) is 30.8 Å². The highest BCUT2D eigenvalue weighted by Crippen LogP contribution is 2.45. The number of anilines is 1. The fourth-order valence-corrected chi connectivity index (χ4v) is 6.96. The minimum Gasteiger partial charge on any atom is -0.350 e. The zero-order chi connectivity index (χ0) is 34.0. The van der Waals surface area contributed by atoms with Crippen LogP contribution < -0.4 is 10.6 Å². The lowest BCUT2D eigenvalue weighted by molar-refractivity contribution is -0.137. The molecule has 47 heavy (non-hydrogen) atoms. The molecule has 2 aliphatic rings. The van der Waals surface area contributed by atoms with E-state index in [2.05, 4.69) is 16.5 Å². The van der Waals surface area contributed by atoms with Crippen molar-refractivity contribution in [3.8, 4) is 16.9 Å². The van der Waals surface area contributed by atoms with Crippen molar-refractivity contribution in [1.82, 2.24) is 19.4 Å². The van der Waals surface area contributed by atoms with Gasteiger partial charge in [0.25, 0.3) is 0 Å². The summed E-state index contributed by atoms with van der Waals surface area (Å²) in [4.78, 5) is 37.9. The van der Waals surface area contributed by atoms with Gasteiger partial charge in [0.15, 0.2) is 15.5 Å². The number of pyridine rings is 1. The number of piperazine rings is 1. The van der Waals surface area contributed by atoms with Gasteiger partial charge in [-0.2, -0.15) is 18.2 Å². The number of hydrogen-bond donors (Lipinski definition) is 0. The zero-order valence-electron chi connectivity index (χ0n) is 25.2. The van der Waals surface area contributed by atoms with Gasteiger partial charge in [0, 0.05) is 37.5 Å². The molecule has 246 valence electrons. The molecule has 4 aromatic rings. The molecule has 3 heterocycles. The van der Waals surface area contributed by atoms with Crippen molar-refractivity contribution in [1.29, 1.82) is 0 Å². The number of carbonyl (C=O) groups is 1. The highest BCUT2D eigenvalue weighted by molar-refractivity contribution is 7.90. The Labute approximate surface area is 265 Å². The number of hydrogen-bond acceptors (Lipinski definition) is 7. The number of fused-ring (bicyclic) bond motifs is 1. The lowest BCUT2D eigenvalue weighted by Crippen LogP contribution is -2.54. The van der Waals surface area contributed by atoms with Crippen molar-refractivity contribution in [2.24, 2.45) is 0 Å². The van der Waals surface area contributed by atoms with E-state index in [1.807, 2.05) is 0 Å². The van der Waals surface area contributed by atoms with Gasteiger partial charge in [-0.05, 0) is 67.7 Å². The third kappa shape index (κ3) is 5.88. The average molecular weight is 674 g/mol. The molecule has 0 unspecified atom stereocenters. The van der Waals surface area contributed by atoms with Crippen LogP contribution in [0.25, 0.3) is 28.0 Å². The first-order chi connectivity index (χ1) is 22.1. The van der Waals surface area contributed by atoms with Crippen LogP contribution in [0.5, 0.6) is 0 Å². The third-order valence-electron chi connectivity index (χ3n) is 8.40. The largest absolute Gasteiger partial charge is 0.417 e. The number of aromatic nitrogens is 3. The van der Waals surface area contributed by atoms with Crippen LogP contribution in [0.1, 0.15) is 36.8 Å². The van der Waals surface area contributed by atoms with E-state index < -0.39 is 56.2 Å². The number of amides is 1. The van der Waals surface area contributed by atoms with Crippen molar-refractivity contribution < 1.29 is 35.2 Å². The summed E-state index contributed by atoms with van der Waals surface area (Å²) >= 11 is 0. The molecular formula is C32H28F5N5O4S. The SMILES string of the molecule is C=CC(=O)N1CCN(c2nc(=O)n(-c3c(C4CC4)cccc3S(C)(=O)=O)c3nc(-c4ccc(F)cc4C(F)(F)F)c(F)cc23)[C@@H](C)C1. The Morgan fingerprint density at radius 3 is 2.40 bits per heavy atom. The summed E-state index contributed by atoms with van der Waals surface area (Å²) in [6.07, 6.45) is -1.58. The third-order valence-corrected chi connectivity index (χ3v) is 9.53. The van der Waals surface area contributed by atoms with Gasteiger partial charge >= 0.3 is 11.9 Å². The molecule has 15 heteroatoms. The van der Waals surface area contributed by atoms with Crippen LogP contribution >= 0.6 is 0 Å². The zero-order valence-corrected chi connectivity index (χ0v) is 26.0. The van der Waals surface area contributed by atoms with Crippen LogP contribution in [-0.2, 0) is 20.8 Å². The summed E-state index contributed by atoms with van der Waals surface area (Å²) in [6, 6.07) is 6.62. The first kappa shape index (κ1) is 32.3. The summed E-state index contributed by atoms with van der Waals surface area (Å²) < 4.78 is 99.3. The van der Waals surface area contributed by atoms with Gasteiger partial charge < -0.3 is 9.80 Å². The molecule has 9 nitrogen and oxygen atoms in total. The van der Waals surface area contributed by atoms with Gasteiger partial charge in [-0.15, -0.1) is 0 Å². The summed E-state index contributed by atoms with van der Waals surface area (Å²) in [7, 11) is -3.99. The van der Waals surface area contributed by atoms with E-state index in [1.54, 1.807) is 17.9 Å². The van der Waals surface area contributed by atoms with Crippen molar-refractivity contribution >= 4 is 32.6 Å². The molecule has 2 aromatic carbocycles. The smallest absolute Gasteiger partial charge is 0.350 e. The van der Waals surface area contributed by atoms with Crippen molar-refractivity contribution in [2.45, 2.75) is 42.8 Å². The van der Waals surface area contributed by atoms with E-state index in [4.69, 9.17) is 0 Å². The maximum absolute atomic E-state index is 16.0. The van der Waals surface area contributed by atoms with Gasteiger partial charge in [-0.3, -0.25) is 4.79 Å². The molecule has 1 aliphatic heterocycles. The number of benzene rings is 2. The predicted molar refractivity (Wildman–Crippen MR) is 164 cm³/mol. The normalized spacial score (nSPS) is 17.3. The molecule has 1 saturated carbocycles. The predicted octanol–water partition coefficient (Wildman–Crippen LogP) is 5.25. The Morgan fingerprint density at radius 2 is 1.79 bits per heavy atom. The Kier molecular flexibility index (Phi) is 7.93. The summed E-state index contributed by atoms with van der Waals surface area (Å²) in [6.45, 7) is 5.79. The molecule has 1 atom stereocenters. The molecule has 2 fully saturated rings. The molecule has 6 rings (SSSR count). The van der Waals surface area contributed by atoms with Crippen LogP contribution in [0.3, 0.4) is 0 Å². The molecule has 1 saturated heterocycles. The van der Waals surface area contributed by atoms with E-state index in [1.165, 1.54) is 23.1 Å². The van der Waals surface area contributed by atoms with E-state index in [-0.39, 0.29) is 65.0 Å². The minimum absolute atomic E-state index is 0.0441. The maximum atomic E-state index is 16.0. The number of sulfone groups is 1. The van der Waals surface area contributed by atoms with Crippen LogP contribution in [-0.4, -0.2) is 65.7 Å². The lowest BCUT2D eigenvalue weighted by Gasteiger charge is -2.40.